The van der Waals surface area contributed by atoms with Crippen LogP contribution in [-0.2, 0) is 4.79 Å². The van der Waals surface area contributed by atoms with Crippen LogP contribution in [0.4, 0.5) is 5.69 Å². The van der Waals surface area contributed by atoms with Crippen molar-refractivity contribution in [3.05, 3.63) is 60.1 Å². The van der Waals surface area contributed by atoms with E-state index in [1.54, 1.807) is 12.1 Å². The van der Waals surface area contributed by atoms with Gasteiger partial charge in [0.1, 0.15) is 5.75 Å². The molecule has 27 heavy (non-hydrogen) atoms. The van der Waals surface area contributed by atoms with Gasteiger partial charge in [-0.05, 0) is 54.7 Å². The van der Waals surface area contributed by atoms with Crippen molar-refractivity contribution in [1.29, 1.82) is 0 Å². The highest BCUT2D eigenvalue weighted by atomic mass is 16.5. The van der Waals surface area contributed by atoms with Crippen molar-refractivity contribution < 1.29 is 14.6 Å². The molecule has 0 amide bonds. The zero-order chi connectivity index (χ0) is 19.2. The normalized spacial score (nSPS) is 15.1. The molecule has 0 saturated carbocycles. The third-order valence-corrected chi connectivity index (χ3v) is 4.61. The summed E-state index contributed by atoms with van der Waals surface area (Å²) in [4.78, 5) is 13.4. The van der Waals surface area contributed by atoms with Gasteiger partial charge in [0.2, 0.25) is 5.88 Å². The molecule has 1 aliphatic rings. The van der Waals surface area contributed by atoms with Gasteiger partial charge < -0.3 is 25.9 Å². The summed E-state index contributed by atoms with van der Waals surface area (Å²) in [5.74, 6) is 3.97. The van der Waals surface area contributed by atoms with Gasteiger partial charge in [-0.3, -0.25) is 5.84 Å². The topological polar surface area (TPSA) is 114 Å². The number of carboxylic acid groups (broad SMARTS) is 1. The molecule has 0 radical (unpaired) electrons. The van der Waals surface area contributed by atoms with E-state index in [0.717, 1.165) is 24.2 Å². The maximum Gasteiger partial charge on any atom is 0.358 e. The van der Waals surface area contributed by atoms with Crippen molar-refractivity contribution in [2.45, 2.75) is 19.3 Å². The van der Waals surface area contributed by atoms with Crippen molar-refractivity contribution in [2.24, 2.45) is 11.6 Å². The lowest BCUT2D eigenvalue weighted by Gasteiger charge is -2.28. The largest absolute Gasteiger partial charge is 0.476 e. The first-order valence-corrected chi connectivity index (χ1v) is 8.91. The fourth-order valence-electron chi connectivity index (χ4n) is 3.15. The first-order valence-electron chi connectivity index (χ1n) is 8.91. The molecule has 1 aliphatic heterocycles. The molecule has 0 atom stereocenters. The van der Waals surface area contributed by atoms with Gasteiger partial charge >= 0.3 is 5.97 Å². The average Bonchev–Trinajstić information content (AvgIpc) is 2.70. The van der Waals surface area contributed by atoms with E-state index >= 15 is 0 Å². The van der Waals surface area contributed by atoms with Crippen LogP contribution < -0.4 is 26.6 Å². The van der Waals surface area contributed by atoms with Crippen molar-refractivity contribution in [1.82, 2.24) is 5.43 Å². The van der Waals surface area contributed by atoms with E-state index in [2.05, 4.69) is 29.2 Å². The molecule has 0 aromatic heterocycles. The molecule has 0 unspecified atom stereocenters. The molecule has 7 nitrogen and oxygen atoms in total. The van der Waals surface area contributed by atoms with Crippen molar-refractivity contribution >= 4 is 11.7 Å². The van der Waals surface area contributed by atoms with Crippen molar-refractivity contribution in [2.75, 3.05) is 18.0 Å². The Bertz CT molecular complexity index is 810. The molecule has 2 aromatic rings. The number of anilines is 1. The smallest absolute Gasteiger partial charge is 0.358 e. The second-order valence-electron chi connectivity index (χ2n) is 6.41. The molecular weight excluding hydrogens is 344 g/mol. The zero-order valence-corrected chi connectivity index (χ0v) is 15.0. The predicted octanol–water partition coefficient (Wildman–Crippen LogP) is 2.40. The molecule has 1 saturated heterocycles. The Balaban J connectivity index is 1.70. The third-order valence-electron chi connectivity index (χ3n) is 4.61. The summed E-state index contributed by atoms with van der Waals surface area (Å²) in [5.41, 5.74) is 10.6. The maximum absolute atomic E-state index is 11.0. The molecular formula is C20H24N4O3. The summed E-state index contributed by atoms with van der Waals surface area (Å²) in [6.07, 6.45) is 3.83. The van der Waals surface area contributed by atoms with E-state index in [1.807, 2.05) is 17.6 Å². The van der Waals surface area contributed by atoms with Gasteiger partial charge in [0.05, 0.1) is 0 Å². The number of nitrogens with two attached hydrogens (primary N) is 2. The minimum Gasteiger partial charge on any atom is -0.476 e. The number of piperidine rings is 1. The Labute approximate surface area is 158 Å². The number of hydrogen-bond acceptors (Lipinski definition) is 6. The molecule has 3 rings (SSSR count). The Morgan fingerprint density at radius 1 is 0.963 bits per heavy atom. The quantitative estimate of drug-likeness (QED) is 0.268. The second kappa shape index (κ2) is 8.46. The van der Waals surface area contributed by atoms with E-state index in [-0.39, 0.29) is 5.88 Å². The van der Waals surface area contributed by atoms with E-state index in [4.69, 9.17) is 21.4 Å². The molecule has 2 aromatic carbocycles. The lowest BCUT2D eigenvalue weighted by atomic mass is 10.0. The van der Waals surface area contributed by atoms with Crippen LogP contribution >= 0.6 is 0 Å². The van der Waals surface area contributed by atoms with Gasteiger partial charge in [0.25, 0.3) is 0 Å². The zero-order valence-electron chi connectivity index (χ0n) is 15.0. The van der Waals surface area contributed by atoms with Gasteiger partial charge in [0.15, 0.2) is 5.70 Å². The third kappa shape index (κ3) is 4.51. The summed E-state index contributed by atoms with van der Waals surface area (Å²) in [7, 11) is 0. The number of carbonyl (C=O) groups is 1. The average molecular weight is 368 g/mol. The van der Waals surface area contributed by atoms with Crippen LogP contribution in [0.2, 0.25) is 0 Å². The number of nitrogens with zero attached hydrogens (tertiary/aromatic N) is 1. The van der Waals surface area contributed by atoms with E-state index in [9.17, 15) is 4.79 Å². The molecule has 0 bridgehead atoms. The Kier molecular flexibility index (Phi) is 5.83. The predicted molar refractivity (Wildman–Crippen MR) is 105 cm³/mol. The highest BCUT2D eigenvalue weighted by Crippen LogP contribution is 2.27. The van der Waals surface area contributed by atoms with Gasteiger partial charge in [-0.1, -0.05) is 24.3 Å². The number of aliphatic carboxylic acids is 1. The van der Waals surface area contributed by atoms with Crippen LogP contribution in [0.15, 0.2) is 60.1 Å². The fraction of sp³-hybridized carbons (Fsp3) is 0.250. The van der Waals surface area contributed by atoms with Gasteiger partial charge in [-0.25, -0.2) is 4.79 Å². The van der Waals surface area contributed by atoms with Crippen molar-refractivity contribution in [3.8, 4) is 16.9 Å². The van der Waals surface area contributed by atoms with Crippen LogP contribution in [0.5, 0.6) is 5.75 Å². The number of carboxylic acids is 1. The van der Waals surface area contributed by atoms with Crippen LogP contribution in [-0.4, -0.2) is 24.2 Å². The monoisotopic (exact) mass is 368 g/mol. The molecule has 6 N–H and O–H groups in total. The lowest BCUT2D eigenvalue weighted by molar-refractivity contribution is -0.133. The highest BCUT2D eigenvalue weighted by Gasteiger charge is 2.13. The first-order chi connectivity index (χ1) is 13.1. The number of benzene rings is 2. The fourth-order valence-corrected chi connectivity index (χ4v) is 3.15. The summed E-state index contributed by atoms with van der Waals surface area (Å²) < 4.78 is 5.35. The minimum absolute atomic E-state index is 0.302. The molecule has 7 heteroatoms. The van der Waals surface area contributed by atoms with Gasteiger partial charge in [-0.2, -0.15) is 0 Å². The summed E-state index contributed by atoms with van der Waals surface area (Å²) in [5, 5.41) is 8.97. The van der Waals surface area contributed by atoms with Crippen molar-refractivity contribution in [3.63, 3.8) is 0 Å². The van der Waals surface area contributed by atoms with Crippen LogP contribution in [0.1, 0.15) is 19.3 Å². The van der Waals surface area contributed by atoms with E-state index in [1.165, 1.54) is 24.9 Å². The number of rotatable bonds is 6. The van der Waals surface area contributed by atoms with Crippen LogP contribution in [0.3, 0.4) is 0 Å². The number of nitrogens with one attached hydrogen (secondary N) is 1. The number of ether oxygens (including phenoxy) is 1. The van der Waals surface area contributed by atoms with Crippen LogP contribution in [0, 0.1) is 0 Å². The summed E-state index contributed by atoms with van der Waals surface area (Å²) in [6, 6.07) is 15.8. The highest BCUT2D eigenvalue weighted by molar-refractivity contribution is 5.86. The van der Waals surface area contributed by atoms with E-state index < -0.39 is 11.7 Å². The van der Waals surface area contributed by atoms with Gasteiger partial charge in [-0.15, -0.1) is 0 Å². The SMILES string of the molecule is NN/C(C(=O)O)=C(\N)Oc1ccc(-c2ccc(N3CCCCC3)cc2)cc1. The standard InChI is InChI=1S/C20H24N4O3/c21-19(18(23-22)20(25)26)27-17-10-6-15(7-11-17)14-4-8-16(9-5-14)24-12-2-1-3-13-24/h4-11,23H,1-3,12-13,21-22H2,(H,25,26)/b19-18+. The molecule has 0 spiro atoms. The molecule has 0 aliphatic carbocycles. The second-order valence-corrected chi connectivity index (χ2v) is 6.41. The molecule has 1 heterocycles. The molecule has 1 fully saturated rings. The van der Waals surface area contributed by atoms with Crippen LogP contribution in [0.25, 0.3) is 11.1 Å². The Morgan fingerprint density at radius 2 is 1.52 bits per heavy atom. The molecule has 142 valence electrons. The minimum atomic E-state index is -1.29. The van der Waals surface area contributed by atoms with E-state index in [0.29, 0.717) is 5.75 Å². The summed E-state index contributed by atoms with van der Waals surface area (Å²) in [6.45, 7) is 2.24. The first kappa shape index (κ1) is 18.6. The number of hydrogen-bond donors (Lipinski definition) is 4. The maximum atomic E-state index is 11.0. The Morgan fingerprint density at radius 3 is 2.04 bits per heavy atom. The summed E-state index contributed by atoms with van der Waals surface area (Å²) >= 11 is 0. The lowest BCUT2D eigenvalue weighted by Crippen LogP contribution is -2.31. The Hall–Kier alpha value is -3.19. The van der Waals surface area contributed by atoms with Gasteiger partial charge in [0, 0.05) is 18.8 Å². The number of hydrazine groups is 1.